The summed E-state index contributed by atoms with van der Waals surface area (Å²) in [6, 6.07) is 16.1. The Morgan fingerprint density at radius 3 is 2.80 bits per heavy atom. The first-order chi connectivity index (χ1) is 14.7. The highest BCUT2D eigenvalue weighted by Gasteiger charge is 2.26. The summed E-state index contributed by atoms with van der Waals surface area (Å²) in [6.45, 7) is 2.64. The van der Waals surface area contributed by atoms with Crippen molar-refractivity contribution in [3.8, 4) is 0 Å². The van der Waals surface area contributed by atoms with Crippen molar-refractivity contribution in [3.05, 3.63) is 84.3 Å². The molecule has 2 heterocycles. The van der Waals surface area contributed by atoms with Crippen LogP contribution in [0.2, 0.25) is 0 Å². The summed E-state index contributed by atoms with van der Waals surface area (Å²) in [7, 11) is 0. The molecule has 152 valence electrons. The molecule has 4 nitrogen and oxygen atoms in total. The molecule has 1 aliphatic rings. The number of nitrogens with one attached hydrogen (secondary N) is 1. The Morgan fingerprint density at radius 2 is 1.97 bits per heavy atom. The van der Waals surface area contributed by atoms with Crippen molar-refractivity contribution in [3.63, 3.8) is 0 Å². The summed E-state index contributed by atoms with van der Waals surface area (Å²) in [5.41, 5.74) is 2.34. The standard InChI is InChI=1S/C24H22FN3OS/c1-2-3-4-7-14-28-20-11-10-18(27-23-15-17(25)12-13-26-23)16-22(20)30-21-9-6-5-8-19(21)24(28)29/h4-13,15-16H,2-3,14H2,1H3,(H,26,27)/b7-4+. The molecule has 1 aliphatic heterocycles. The third-order valence-electron chi connectivity index (χ3n) is 4.74. The Morgan fingerprint density at radius 1 is 1.10 bits per heavy atom. The van der Waals surface area contributed by atoms with E-state index in [4.69, 9.17) is 0 Å². The maximum atomic E-state index is 13.5. The summed E-state index contributed by atoms with van der Waals surface area (Å²) in [6.07, 6.45) is 7.65. The second kappa shape index (κ2) is 9.13. The fraction of sp³-hybridized carbons (Fsp3) is 0.167. The summed E-state index contributed by atoms with van der Waals surface area (Å²) in [4.78, 5) is 21.1. The molecule has 0 spiro atoms. The van der Waals surface area contributed by atoms with Crippen molar-refractivity contribution < 1.29 is 9.18 Å². The number of amides is 1. The first kappa shape index (κ1) is 20.2. The number of carbonyl (C=O) groups is 1. The number of nitrogens with zero attached hydrogens (tertiary/aromatic N) is 2. The van der Waals surface area contributed by atoms with Crippen LogP contribution in [0.15, 0.2) is 82.7 Å². The largest absolute Gasteiger partial charge is 0.340 e. The number of pyridine rings is 1. The Kier molecular flexibility index (Phi) is 6.14. The monoisotopic (exact) mass is 419 g/mol. The van der Waals surface area contributed by atoms with Gasteiger partial charge in [-0.2, -0.15) is 0 Å². The number of fused-ring (bicyclic) bond motifs is 2. The van der Waals surface area contributed by atoms with E-state index in [-0.39, 0.29) is 11.7 Å². The molecular weight excluding hydrogens is 397 g/mol. The van der Waals surface area contributed by atoms with Gasteiger partial charge in [0.05, 0.1) is 11.3 Å². The zero-order chi connectivity index (χ0) is 20.9. The van der Waals surface area contributed by atoms with Crippen molar-refractivity contribution >= 4 is 34.9 Å². The number of halogens is 1. The maximum Gasteiger partial charge on any atom is 0.259 e. The zero-order valence-electron chi connectivity index (χ0n) is 16.6. The van der Waals surface area contributed by atoms with E-state index in [1.54, 1.807) is 11.8 Å². The Hall–Kier alpha value is -3.12. The van der Waals surface area contributed by atoms with E-state index in [0.29, 0.717) is 17.9 Å². The highest BCUT2D eigenvalue weighted by molar-refractivity contribution is 7.99. The molecule has 1 aromatic heterocycles. The molecule has 0 radical (unpaired) electrons. The lowest BCUT2D eigenvalue weighted by Crippen LogP contribution is -2.31. The lowest BCUT2D eigenvalue weighted by atomic mass is 10.1. The number of hydrogen-bond donors (Lipinski definition) is 1. The van der Waals surface area contributed by atoms with Crippen LogP contribution in [0.4, 0.5) is 21.6 Å². The molecule has 1 N–H and O–H groups in total. The number of rotatable bonds is 6. The van der Waals surface area contributed by atoms with Crippen LogP contribution in [-0.2, 0) is 0 Å². The molecule has 0 saturated heterocycles. The Bertz CT molecular complexity index is 1100. The van der Waals surface area contributed by atoms with Crippen LogP contribution in [0.5, 0.6) is 0 Å². The van der Waals surface area contributed by atoms with Crippen LogP contribution < -0.4 is 10.2 Å². The molecule has 0 bridgehead atoms. The van der Waals surface area contributed by atoms with E-state index in [2.05, 4.69) is 23.3 Å². The molecule has 6 heteroatoms. The highest BCUT2D eigenvalue weighted by Crippen LogP contribution is 2.42. The van der Waals surface area contributed by atoms with E-state index in [1.807, 2.05) is 53.4 Å². The van der Waals surface area contributed by atoms with Gasteiger partial charge in [0.15, 0.2) is 0 Å². The fourth-order valence-corrected chi connectivity index (χ4v) is 4.39. The smallest absolute Gasteiger partial charge is 0.259 e. The molecule has 30 heavy (non-hydrogen) atoms. The molecule has 1 amide bonds. The maximum absolute atomic E-state index is 13.5. The fourth-order valence-electron chi connectivity index (χ4n) is 3.27. The first-order valence-electron chi connectivity index (χ1n) is 9.92. The van der Waals surface area contributed by atoms with Gasteiger partial charge in [-0.05, 0) is 42.8 Å². The minimum Gasteiger partial charge on any atom is -0.340 e. The van der Waals surface area contributed by atoms with Gasteiger partial charge in [-0.1, -0.05) is 49.4 Å². The number of hydrogen-bond acceptors (Lipinski definition) is 4. The van der Waals surface area contributed by atoms with Gasteiger partial charge in [0.25, 0.3) is 5.91 Å². The average Bonchev–Trinajstić information content (AvgIpc) is 2.85. The third-order valence-corrected chi connectivity index (χ3v) is 5.86. The quantitative estimate of drug-likeness (QED) is 0.468. The van der Waals surface area contributed by atoms with Crippen LogP contribution in [-0.4, -0.2) is 17.4 Å². The summed E-state index contributed by atoms with van der Waals surface area (Å²) in [5.74, 6) is 0.0797. The molecule has 0 aliphatic carbocycles. The van der Waals surface area contributed by atoms with Crippen LogP contribution >= 0.6 is 11.8 Å². The van der Waals surface area contributed by atoms with E-state index in [9.17, 15) is 9.18 Å². The Labute approximate surface area is 179 Å². The third kappa shape index (κ3) is 4.39. The minimum atomic E-state index is -0.346. The molecular formula is C24H22FN3OS. The molecule has 0 unspecified atom stereocenters. The summed E-state index contributed by atoms with van der Waals surface area (Å²) >= 11 is 1.56. The lowest BCUT2D eigenvalue weighted by molar-refractivity contribution is 0.0987. The number of benzene rings is 2. The summed E-state index contributed by atoms with van der Waals surface area (Å²) in [5, 5.41) is 3.14. The molecule has 3 aromatic rings. The number of aromatic nitrogens is 1. The first-order valence-corrected chi connectivity index (χ1v) is 10.7. The molecule has 0 saturated carbocycles. The van der Waals surface area contributed by atoms with Crippen molar-refractivity contribution in [1.82, 2.24) is 4.98 Å². The van der Waals surface area contributed by atoms with E-state index < -0.39 is 0 Å². The van der Waals surface area contributed by atoms with Gasteiger partial charge in [-0.25, -0.2) is 9.37 Å². The minimum absolute atomic E-state index is 0.00879. The van der Waals surface area contributed by atoms with Gasteiger partial charge in [-0.3, -0.25) is 4.79 Å². The topological polar surface area (TPSA) is 45.2 Å². The van der Waals surface area contributed by atoms with Crippen molar-refractivity contribution in [2.24, 2.45) is 0 Å². The van der Waals surface area contributed by atoms with Gasteiger partial charge in [-0.15, -0.1) is 0 Å². The predicted octanol–water partition coefficient (Wildman–Crippen LogP) is 6.43. The second-order valence-corrected chi connectivity index (χ2v) is 8.02. The van der Waals surface area contributed by atoms with Crippen molar-refractivity contribution in [1.29, 1.82) is 0 Å². The van der Waals surface area contributed by atoms with Crippen molar-refractivity contribution in [2.75, 3.05) is 16.8 Å². The van der Waals surface area contributed by atoms with Gasteiger partial charge < -0.3 is 10.2 Å². The van der Waals surface area contributed by atoms with E-state index in [1.165, 1.54) is 18.3 Å². The van der Waals surface area contributed by atoms with Crippen LogP contribution in [0.25, 0.3) is 0 Å². The average molecular weight is 420 g/mol. The SMILES string of the molecule is CCC/C=C/CN1C(=O)c2ccccc2Sc2cc(Nc3cc(F)ccn3)ccc21. The number of carbonyl (C=O) groups excluding carboxylic acids is 1. The van der Waals surface area contributed by atoms with Crippen LogP contribution in [0, 0.1) is 5.82 Å². The Balaban J connectivity index is 1.71. The second-order valence-electron chi connectivity index (χ2n) is 6.94. The summed E-state index contributed by atoms with van der Waals surface area (Å²) < 4.78 is 13.5. The molecule has 4 rings (SSSR count). The molecule has 0 atom stereocenters. The number of unbranched alkanes of at least 4 members (excludes halogenated alkanes) is 1. The lowest BCUT2D eigenvalue weighted by Gasteiger charge is -2.22. The van der Waals surface area contributed by atoms with Gasteiger partial charge in [0.1, 0.15) is 11.6 Å². The number of anilines is 3. The normalized spacial score (nSPS) is 13.1. The zero-order valence-corrected chi connectivity index (χ0v) is 17.5. The van der Waals surface area contributed by atoms with E-state index in [0.717, 1.165) is 34.0 Å². The van der Waals surface area contributed by atoms with E-state index >= 15 is 0 Å². The van der Waals surface area contributed by atoms with Crippen LogP contribution in [0.3, 0.4) is 0 Å². The highest BCUT2D eigenvalue weighted by atomic mass is 32.2. The predicted molar refractivity (Wildman–Crippen MR) is 120 cm³/mol. The van der Waals surface area contributed by atoms with Crippen molar-refractivity contribution in [2.45, 2.75) is 29.6 Å². The molecule has 0 fully saturated rings. The number of allylic oxidation sites excluding steroid dienone is 1. The molecule has 2 aromatic carbocycles. The van der Waals surface area contributed by atoms with Crippen LogP contribution in [0.1, 0.15) is 30.1 Å². The van der Waals surface area contributed by atoms with Gasteiger partial charge in [0, 0.05) is 34.3 Å². The van der Waals surface area contributed by atoms with Gasteiger partial charge in [0.2, 0.25) is 0 Å². The van der Waals surface area contributed by atoms with Gasteiger partial charge >= 0.3 is 0 Å².